The van der Waals surface area contributed by atoms with Gasteiger partial charge in [-0.1, -0.05) is 6.07 Å². The van der Waals surface area contributed by atoms with Crippen molar-refractivity contribution in [2.45, 2.75) is 6.92 Å². The lowest BCUT2D eigenvalue weighted by Crippen LogP contribution is -2.19. The lowest BCUT2D eigenvalue weighted by molar-refractivity contribution is -0.120. The molecule has 0 heterocycles. The monoisotopic (exact) mass is 245 g/mol. The van der Waals surface area contributed by atoms with Crippen molar-refractivity contribution in [3.63, 3.8) is 0 Å². The number of rotatable bonds is 5. The van der Waals surface area contributed by atoms with Gasteiger partial charge in [-0.3, -0.25) is 4.79 Å². The summed E-state index contributed by atoms with van der Waals surface area (Å²) in [5.41, 5.74) is 0.957. The maximum absolute atomic E-state index is 13.1. The third-order valence-electron chi connectivity index (χ3n) is 1.91. The third-order valence-corrected chi connectivity index (χ3v) is 2.06. The summed E-state index contributed by atoms with van der Waals surface area (Å²) in [7, 11) is 0. The van der Waals surface area contributed by atoms with Crippen LogP contribution in [0, 0.1) is 12.7 Å². The number of hydrogen-bond acceptors (Lipinski definition) is 2. The topological polar surface area (TPSA) is 38.3 Å². The summed E-state index contributed by atoms with van der Waals surface area (Å²) >= 11 is 5.38. The quantitative estimate of drug-likeness (QED) is 0.639. The van der Waals surface area contributed by atoms with Gasteiger partial charge in [0.2, 0.25) is 5.91 Å². The van der Waals surface area contributed by atoms with E-state index in [-0.39, 0.29) is 18.3 Å². The minimum Gasteiger partial charge on any atom is -0.370 e. The molecule has 0 bridgehead atoms. The lowest BCUT2D eigenvalue weighted by Gasteiger charge is -2.06. The molecule has 0 unspecified atom stereocenters. The number of nitrogens with one attached hydrogen (secondary N) is 1. The molecule has 0 atom stereocenters. The van der Waals surface area contributed by atoms with E-state index in [9.17, 15) is 9.18 Å². The molecule has 0 aliphatic rings. The molecule has 88 valence electrons. The maximum Gasteiger partial charge on any atom is 0.250 e. The number of ether oxygens (including phenoxy) is 1. The number of benzene rings is 1. The molecule has 5 heteroatoms. The summed E-state index contributed by atoms with van der Waals surface area (Å²) in [6, 6.07) is 4.51. The molecular formula is C11H13ClFNO2. The Kier molecular flexibility index (Phi) is 5.22. The summed E-state index contributed by atoms with van der Waals surface area (Å²) in [4.78, 5) is 11.3. The molecule has 0 aliphatic carbocycles. The number of aryl methyl sites for hydroxylation is 1. The van der Waals surface area contributed by atoms with Crippen LogP contribution in [0.15, 0.2) is 18.2 Å². The Balaban J connectivity index is 2.46. The van der Waals surface area contributed by atoms with Gasteiger partial charge < -0.3 is 10.1 Å². The Morgan fingerprint density at radius 2 is 2.31 bits per heavy atom. The first-order valence-electron chi connectivity index (χ1n) is 4.83. The van der Waals surface area contributed by atoms with E-state index in [0.717, 1.165) is 0 Å². The van der Waals surface area contributed by atoms with Gasteiger partial charge in [-0.15, -0.1) is 11.6 Å². The Bertz CT molecular complexity index is 371. The third kappa shape index (κ3) is 4.16. The second-order valence-electron chi connectivity index (χ2n) is 3.25. The molecule has 16 heavy (non-hydrogen) atoms. The molecule has 0 saturated heterocycles. The molecule has 3 nitrogen and oxygen atoms in total. The van der Waals surface area contributed by atoms with E-state index in [4.69, 9.17) is 16.3 Å². The zero-order valence-corrected chi connectivity index (χ0v) is 9.68. The number of hydrogen-bond donors (Lipinski definition) is 1. The van der Waals surface area contributed by atoms with Crippen molar-refractivity contribution in [1.82, 2.24) is 0 Å². The average molecular weight is 246 g/mol. The number of carbonyl (C=O) groups is 1. The zero-order valence-electron chi connectivity index (χ0n) is 8.93. The van der Waals surface area contributed by atoms with Crippen LogP contribution in [0.1, 0.15) is 5.56 Å². The van der Waals surface area contributed by atoms with Crippen LogP contribution in [0.3, 0.4) is 0 Å². The van der Waals surface area contributed by atoms with Gasteiger partial charge in [0.25, 0.3) is 0 Å². The Morgan fingerprint density at radius 1 is 1.56 bits per heavy atom. The van der Waals surface area contributed by atoms with Crippen molar-refractivity contribution in [1.29, 1.82) is 0 Å². The second kappa shape index (κ2) is 6.45. The Morgan fingerprint density at radius 3 is 2.94 bits per heavy atom. The fourth-order valence-electron chi connectivity index (χ4n) is 1.09. The van der Waals surface area contributed by atoms with Crippen LogP contribution in [-0.2, 0) is 9.53 Å². The van der Waals surface area contributed by atoms with Gasteiger partial charge in [-0.25, -0.2) is 4.39 Å². The normalized spacial score (nSPS) is 10.2. The second-order valence-corrected chi connectivity index (χ2v) is 3.63. The van der Waals surface area contributed by atoms with Gasteiger partial charge in [0.1, 0.15) is 12.4 Å². The summed E-state index contributed by atoms with van der Waals surface area (Å²) in [5, 5.41) is 2.52. The fourth-order valence-corrected chi connectivity index (χ4v) is 1.20. The van der Waals surface area contributed by atoms with Gasteiger partial charge in [0.15, 0.2) is 0 Å². The molecule has 0 spiro atoms. The number of anilines is 1. The average Bonchev–Trinajstić information content (AvgIpc) is 2.24. The lowest BCUT2D eigenvalue weighted by atomic mass is 10.2. The molecular weight excluding hydrogens is 233 g/mol. The fraction of sp³-hybridized carbons (Fsp3) is 0.364. The molecule has 1 aromatic carbocycles. The highest BCUT2D eigenvalue weighted by Gasteiger charge is 2.04. The van der Waals surface area contributed by atoms with Crippen molar-refractivity contribution >= 4 is 23.2 Å². The molecule has 0 aromatic heterocycles. The van der Waals surface area contributed by atoms with Crippen molar-refractivity contribution in [3.8, 4) is 0 Å². The Labute approximate surface area is 98.5 Å². The smallest absolute Gasteiger partial charge is 0.250 e. The summed E-state index contributed by atoms with van der Waals surface area (Å²) in [6.45, 7) is 1.89. The molecule has 0 saturated carbocycles. The van der Waals surface area contributed by atoms with E-state index in [2.05, 4.69) is 5.32 Å². The van der Waals surface area contributed by atoms with Crippen LogP contribution in [0.25, 0.3) is 0 Å². The van der Waals surface area contributed by atoms with Crippen LogP contribution < -0.4 is 5.32 Å². The van der Waals surface area contributed by atoms with Gasteiger partial charge in [-0.2, -0.15) is 0 Å². The first-order chi connectivity index (χ1) is 7.63. The predicted octanol–water partition coefficient (Wildman–Crippen LogP) is 2.33. The van der Waals surface area contributed by atoms with E-state index in [0.29, 0.717) is 23.7 Å². The summed E-state index contributed by atoms with van der Waals surface area (Å²) in [5.74, 6) is -0.334. The summed E-state index contributed by atoms with van der Waals surface area (Å²) in [6.07, 6.45) is 0. The van der Waals surface area contributed by atoms with E-state index in [1.807, 2.05) is 0 Å². The molecule has 0 aliphatic heterocycles. The van der Waals surface area contributed by atoms with Gasteiger partial charge in [0.05, 0.1) is 6.61 Å². The SMILES string of the molecule is Cc1ccc(NC(=O)COCCCl)cc1F. The highest BCUT2D eigenvalue weighted by Crippen LogP contribution is 2.13. The van der Waals surface area contributed by atoms with Crippen LogP contribution in [0.4, 0.5) is 10.1 Å². The van der Waals surface area contributed by atoms with Crippen molar-refractivity contribution in [3.05, 3.63) is 29.6 Å². The van der Waals surface area contributed by atoms with Gasteiger partial charge in [-0.05, 0) is 24.6 Å². The largest absolute Gasteiger partial charge is 0.370 e. The van der Waals surface area contributed by atoms with E-state index < -0.39 is 0 Å². The number of amides is 1. The Hall–Kier alpha value is -1.13. The molecule has 0 fully saturated rings. The number of carbonyl (C=O) groups excluding carboxylic acids is 1. The minimum atomic E-state index is -0.348. The van der Waals surface area contributed by atoms with Crippen LogP contribution >= 0.6 is 11.6 Å². The van der Waals surface area contributed by atoms with E-state index in [1.54, 1.807) is 19.1 Å². The minimum absolute atomic E-state index is 0.0811. The van der Waals surface area contributed by atoms with Gasteiger partial charge in [0, 0.05) is 11.6 Å². The molecule has 1 N–H and O–H groups in total. The maximum atomic E-state index is 13.1. The zero-order chi connectivity index (χ0) is 12.0. The van der Waals surface area contributed by atoms with E-state index in [1.165, 1.54) is 6.07 Å². The van der Waals surface area contributed by atoms with Gasteiger partial charge >= 0.3 is 0 Å². The molecule has 0 radical (unpaired) electrons. The summed E-state index contributed by atoms with van der Waals surface area (Å²) < 4.78 is 18.1. The standard InChI is InChI=1S/C11H13ClFNO2/c1-8-2-3-9(6-10(8)13)14-11(15)7-16-5-4-12/h2-3,6H,4-5,7H2,1H3,(H,14,15). The predicted molar refractivity (Wildman–Crippen MR) is 61.3 cm³/mol. The molecule has 1 rings (SSSR count). The van der Waals surface area contributed by atoms with Crippen molar-refractivity contribution in [2.24, 2.45) is 0 Å². The van der Waals surface area contributed by atoms with Crippen LogP contribution in [-0.4, -0.2) is 25.0 Å². The van der Waals surface area contributed by atoms with Crippen molar-refractivity contribution < 1.29 is 13.9 Å². The number of alkyl halides is 1. The van der Waals surface area contributed by atoms with Crippen molar-refractivity contribution in [2.75, 3.05) is 24.4 Å². The first kappa shape index (κ1) is 12.9. The van der Waals surface area contributed by atoms with Crippen LogP contribution in [0.5, 0.6) is 0 Å². The molecule has 1 amide bonds. The molecule has 1 aromatic rings. The first-order valence-corrected chi connectivity index (χ1v) is 5.36. The van der Waals surface area contributed by atoms with Crippen LogP contribution in [0.2, 0.25) is 0 Å². The highest BCUT2D eigenvalue weighted by atomic mass is 35.5. The highest BCUT2D eigenvalue weighted by molar-refractivity contribution is 6.17. The number of halogens is 2. The van der Waals surface area contributed by atoms with E-state index >= 15 is 0 Å².